The van der Waals surface area contributed by atoms with Crippen molar-refractivity contribution in [2.24, 2.45) is 0 Å². The van der Waals surface area contributed by atoms with Gasteiger partial charge < -0.3 is 9.47 Å². The maximum atomic E-state index is 11.7. The van der Waals surface area contributed by atoms with E-state index in [2.05, 4.69) is 9.72 Å². The van der Waals surface area contributed by atoms with E-state index in [9.17, 15) is 14.9 Å². The fraction of sp³-hybridized carbons (Fsp3) is 0.200. The highest BCUT2D eigenvalue weighted by Gasteiger charge is 2.42. The molecule has 0 aliphatic carbocycles. The number of ether oxygens (including phenoxy) is 2. The normalized spacial score (nSPS) is 12.5. The van der Waals surface area contributed by atoms with Gasteiger partial charge in [0, 0.05) is 24.5 Å². The second-order valence-corrected chi connectivity index (χ2v) is 7.19. The monoisotopic (exact) mass is 438 g/mol. The molecular formula is C15H10Cl4N2O5. The third-order valence-corrected chi connectivity index (χ3v) is 3.96. The number of non-ortho nitro benzene ring substituents is 1. The zero-order valence-electron chi connectivity index (χ0n) is 12.7. The first-order chi connectivity index (χ1) is 12.2. The predicted octanol–water partition coefficient (Wildman–Crippen LogP) is 5.17. The van der Waals surface area contributed by atoms with E-state index in [1.54, 1.807) is 12.1 Å². The molecule has 1 aromatic heterocycles. The molecule has 2 aromatic rings. The minimum atomic E-state index is -2.14. The summed E-state index contributed by atoms with van der Waals surface area (Å²) < 4.78 is 7.25. The minimum Gasteiger partial charge on any atom is -0.400 e. The van der Waals surface area contributed by atoms with Crippen LogP contribution in [-0.4, -0.2) is 25.6 Å². The van der Waals surface area contributed by atoms with Crippen LogP contribution in [0.5, 0.6) is 0 Å². The molecule has 0 radical (unpaired) electrons. The van der Waals surface area contributed by atoms with Gasteiger partial charge in [0.2, 0.25) is 0 Å². The Morgan fingerprint density at radius 1 is 1.15 bits per heavy atom. The molecule has 2 rings (SSSR count). The highest BCUT2D eigenvalue weighted by Crippen LogP contribution is 2.44. The van der Waals surface area contributed by atoms with Gasteiger partial charge in [-0.25, -0.2) is 4.79 Å². The van der Waals surface area contributed by atoms with Gasteiger partial charge in [-0.3, -0.25) is 15.1 Å². The molecule has 0 bridgehead atoms. The zero-order chi connectivity index (χ0) is 19.3. The lowest BCUT2D eigenvalue weighted by atomic mass is 9.92. The number of nitrogens with zero attached hydrogens (tertiary/aromatic N) is 2. The van der Waals surface area contributed by atoms with Crippen molar-refractivity contribution >= 4 is 58.2 Å². The first-order valence-corrected chi connectivity index (χ1v) is 8.53. The van der Waals surface area contributed by atoms with Crippen molar-refractivity contribution < 1.29 is 19.2 Å². The van der Waals surface area contributed by atoms with E-state index in [0.717, 1.165) is 0 Å². The van der Waals surface area contributed by atoms with Gasteiger partial charge in [-0.2, -0.15) is 0 Å². The quantitative estimate of drug-likeness (QED) is 0.267. The first kappa shape index (κ1) is 20.5. The van der Waals surface area contributed by atoms with Crippen LogP contribution in [0.1, 0.15) is 17.0 Å². The van der Waals surface area contributed by atoms with E-state index in [-0.39, 0.29) is 5.69 Å². The molecule has 0 fully saturated rings. The summed E-state index contributed by atoms with van der Waals surface area (Å²) in [5, 5.41) is 9.36. The fourth-order valence-corrected chi connectivity index (χ4v) is 2.96. The lowest BCUT2D eigenvalue weighted by Gasteiger charge is -2.29. The number of pyridine rings is 1. The van der Waals surface area contributed by atoms with E-state index >= 15 is 0 Å². The molecule has 138 valence electrons. The van der Waals surface area contributed by atoms with Gasteiger partial charge in [0.15, 0.2) is 0 Å². The molecule has 0 spiro atoms. The summed E-state index contributed by atoms with van der Waals surface area (Å²) in [7, 11) is 0. The van der Waals surface area contributed by atoms with Crippen LogP contribution in [0.3, 0.4) is 0 Å². The molecule has 0 saturated heterocycles. The molecule has 1 aromatic carbocycles. The second-order valence-electron chi connectivity index (χ2n) is 4.86. The van der Waals surface area contributed by atoms with Crippen LogP contribution in [0.25, 0.3) is 0 Å². The van der Waals surface area contributed by atoms with Crippen molar-refractivity contribution in [3.05, 3.63) is 70.0 Å². The Labute approximate surface area is 167 Å². The van der Waals surface area contributed by atoms with Gasteiger partial charge in [0.05, 0.1) is 10.8 Å². The lowest BCUT2D eigenvalue weighted by molar-refractivity contribution is -0.384. The molecule has 0 aliphatic heterocycles. The maximum Gasteiger partial charge on any atom is 0.513 e. The summed E-state index contributed by atoms with van der Waals surface area (Å²) in [6.07, 6.45) is 1.70. The Balaban J connectivity index is 2.41. The summed E-state index contributed by atoms with van der Waals surface area (Å²) in [5.41, 5.74) is 0.808. The number of aromatic nitrogens is 1. The highest BCUT2D eigenvalue weighted by molar-refractivity contribution is 6.48. The molecule has 0 saturated carbocycles. The Bertz CT molecular complexity index is 771. The van der Waals surface area contributed by atoms with Crippen LogP contribution in [0.4, 0.5) is 10.5 Å². The Morgan fingerprint density at radius 2 is 1.81 bits per heavy atom. The molecular weight excluding hydrogens is 430 g/mol. The standard InChI is InChI=1S/C15H10Cl4N2O5/c16-13(17)25-14(22)26-15(18,19)12(10-2-1-7-20-8-10)9-3-5-11(6-4-9)21(23)24/h1-8,12-13H. The number of halogens is 4. The van der Waals surface area contributed by atoms with Crippen molar-refractivity contribution in [3.63, 3.8) is 0 Å². The second kappa shape index (κ2) is 8.73. The summed E-state index contributed by atoms with van der Waals surface area (Å²) in [5.74, 6) is -0.933. The number of nitro benzene ring substituents is 1. The van der Waals surface area contributed by atoms with Gasteiger partial charge in [-0.1, -0.05) is 64.6 Å². The molecule has 7 nitrogen and oxygen atoms in total. The van der Waals surface area contributed by atoms with Gasteiger partial charge in [0.1, 0.15) is 0 Å². The van der Waals surface area contributed by atoms with Crippen molar-refractivity contribution in [2.45, 2.75) is 15.5 Å². The number of nitro groups is 1. The summed E-state index contributed by atoms with van der Waals surface area (Å²) in [4.78, 5) is 26.0. The van der Waals surface area contributed by atoms with E-state index in [0.29, 0.717) is 11.1 Å². The molecule has 1 heterocycles. The molecule has 1 unspecified atom stereocenters. The van der Waals surface area contributed by atoms with Gasteiger partial charge >= 0.3 is 6.16 Å². The Kier molecular flexibility index (Phi) is 6.88. The SMILES string of the molecule is O=C(OC(Cl)Cl)OC(Cl)(Cl)C(c1ccc([N+](=O)[O-])cc1)c1cccnc1. The fourth-order valence-electron chi connectivity index (χ4n) is 2.18. The smallest absolute Gasteiger partial charge is 0.400 e. The predicted molar refractivity (Wildman–Crippen MR) is 96.7 cm³/mol. The Hall–Kier alpha value is -1.80. The van der Waals surface area contributed by atoms with Crippen LogP contribution in [0.2, 0.25) is 0 Å². The number of rotatable bonds is 6. The summed E-state index contributed by atoms with van der Waals surface area (Å²) in [6, 6.07) is 8.71. The van der Waals surface area contributed by atoms with Crippen LogP contribution in [0, 0.1) is 10.1 Å². The number of alkyl halides is 4. The van der Waals surface area contributed by atoms with Crippen LogP contribution < -0.4 is 0 Å². The Morgan fingerprint density at radius 3 is 2.31 bits per heavy atom. The molecule has 1 atom stereocenters. The van der Waals surface area contributed by atoms with Gasteiger partial charge in [-0.15, -0.1) is 0 Å². The van der Waals surface area contributed by atoms with Gasteiger partial charge in [0.25, 0.3) is 15.2 Å². The van der Waals surface area contributed by atoms with Crippen molar-refractivity contribution in [3.8, 4) is 0 Å². The third kappa shape index (κ3) is 5.35. The van der Waals surface area contributed by atoms with Crippen molar-refractivity contribution in [1.82, 2.24) is 4.98 Å². The van der Waals surface area contributed by atoms with E-state index in [1.165, 1.54) is 36.7 Å². The first-order valence-electron chi connectivity index (χ1n) is 6.90. The van der Waals surface area contributed by atoms with Crippen LogP contribution >= 0.6 is 46.4 Å². The van der Waals surface area contributed by atoms with E-state index in [4.69, 9.17) is 51.1 Å². The molecule has 26 heavy (non-hydrogen) atoms. The third-order valence-electron chi connectivity index (χ3n) is 3.20. The average molecular weight is 440 g/mol. The van der Waals surface area contributed by atoms with E-state index < -0.39 is 26.5 Å². The summed E-state index contributed by atoms with van der Waals surface area (Å²) in [6.45, 7) is 0. The lowest BCUT2D eigenvalue weighted by Crippen LogP contribution is -2.32. The molecule has 0 amide bonds. The maximum absolute atomic E-state index is 11.7. The number of hydrogen-bond donors (Lipinski definition) is 0. The van der Waals surface area contributed by atoms with Crippen molar-refractivity contribution in [1.29, 1.82) is 0 Å². The van der Waals surface area contributed by atoms with Gasteiger partial charge in [-0.05, 0) is 17.2 Å². The van der Waals surface area contributed by atoms with Crippen LogP contribution in [0.15, 0.2) is 48.8 Å². The highest BCUT2D eigenvalue weighted by atomic mass is 35.5. The minimum absolute atomic E-state index is 0.124. The zero-order valence-corrected chi connectivity index (χ0v) is 15.7. The number of hydrogen-bond acceptors (Lipinski definition) is 6. The van der Waals surface area contributed by atoms with Crippen LogP contribution in [-0.2, 0) is 9.47 Å². The van der Waals surface area contributed by atoms with E-state index in [1.807, 2.05) is 0 Å². The molecule has 0 aliphatic rings. The van der Waals surface area contributed by atoms with Crippen molar-refractivity contribution in [2.75, 3.05) is 0 Å². The average Bonchev–Trinajstić information content (AvgIpc) is 2.54. The molecule has 0 N–H and O–H groups in total. The largest absolute Gasteiger partial charge is 0.513 e. The number of carbonyl (C=O) groups is 1. The topological polar surface area (TPSA) is 91.6 Å². The summed E-state index contributed by atoms with van der Waals surface area (Å²) >= 11 is 23.2. The molecule has 11 heteroatoms. The number of carbonyl (C=O) groups excluding carboxylic acids is 1. The number of benzene rings is 1.